The number of morpholine rings is 1. The van der Waals surface area contributed by atoms with Crippen molar-refractivity contribution in [3.63, 3.8) is 0 Å². The smallest absolute Gasteiger partial charge is 0.410 e. The zero-order valence-electron chi connectivity index (χ0n) is 17.4. The fourth-order valence-corrected chi connectivity index (χ4v) is 3.34. The largest absolute Gasteiger partial charge is 0.444 e. The summed E-state index contributed by atoms with van der Waals surface area (Å²) in [6.45, 7) is 6.64. The van der Waals surface area contributed by atoms with Gasteiger partial charge in [0, 0.05) is 25.4 Å². The fraction of sp³-hybridized carbons (Fsp3) is 0.429. The van der Waals surface area contributed by atoms with Gasteiger partial charge in [0.15, 0.2) is 0 Å². The summed E-state index contributed by atoms with van der Waals surface area (Å²) in [5, 5.41) is 2.82. The monoisotopic (exact) mass is 432 g/mol. The van der Waals surface area contributed by atoms with Crippen LogP contribution < -0.4 is 5.32 Å². The third-order valence-electron chi connectivity index (χ3n) is 4.47. The van der Waals surface area contributed by atoms with Gasteiger partial charge >= 0.3 is 6.09 Å². The predicted molar refractivity (Wildman–Crippen MR) is 112 cm³/mol. The van der Waals surface area contributed by atoms with Crippen molar-refractivity contribution in [2.45, 2.75) is 32.4 Å². The summed E-state index contributed by atoms with van der Waals surface area (Å²) in [5.74, 6) is -0.295. The van der Waals surface area contributed by atoms with Gasteiger partial charge in [0.05, 0.1) is 24.9 Å². The quantitative estimate of drug-likeness (QED) is 0.746. The lowest BCUT2D eigenvalue weighted by Crippen LogP contribution is -2.45. The first-order chi connectivity index (χ1) is 14.2. The maximum Gasteiger partial charge on any atom is 0.410 e. The molecule has 1 aliphatic heterocycles. The van der Waals surface area contributed by atoms with Crippen LogP contribution in [0.4, 0.5) is 4.79 Å². The van der Waals surface area contributed by atoms with Crippen LogP contribution in [-0.2, 0) is 9.47 Å². The molecule has 0 saturated carbocycles. The SMILES string of the molecule is CNC(=O)c1cc(-c2cc(C3COCCN3C(=O)OC(C)(C)C)cc(Cl)n2)ccn1. The zero-order chi connectivity index (χ0) is 21.9. The maximum absolute atomic E-state index is 12.7. The number of amides is 2. The highest BCUT2D eigenvalue weighted by atomic mass is 35.5. The number of nitrogens with zero attached hydrogens (tertiary/aromatic N) is 3. The van der Waals surface area contributed by atoms with Gasteiger partial charge in [0.1, 0.15) is 16.4 Å². The Labute approximate surface area is 180 Å². The second kappa shape index (κ2) is 8.97. The van der Waals surface area contributed by atoms with E-state index in [0.717, 1.165) is 5.56 Å². The summed E-state index contributed by atoms with van der Waals surface area (Å²) in [5.41, 5.74) is 1.70. The summed E-state index contributed by atoms with van der Waals surface area (Å²) in [4.78, 5) is 34.8. The van der Waals surface area contributed by atoms with Crippen molar-refractivity contribution in [3.8, 4) is 11.3 Å². The number of halogens is 1. The molecule has 3 rings (SSSR count). The van der Waals surface area contributed by atoms with Crippen LogP contribution in [0.1, 0.15) is 42.9 Å². The molecule has 1 unspecified atom stereocenters. The highest BCUT2D eigenvalue weighted by Gasteiger charge is 2.32. The number of pyridine rings is 2. The molecule has 2 aromatic heterocycles. The lowest BCUT2D eigenvalue weighted by molar-refractivity contribution is -0.0331. The van der Waals surface area contributed by atoms with Crippen LogP contribution in [0.2, 0.25) is 5.15 Å². The van der Waals surface area contributed by atoms with Crippen LogP contribution in [0.25, 0.3) is 11.3 Å². The highest BCUT2D eigenvalue weighted by molar-refractivity contribution is 6.29. The van der Waals surface area contributed by atoms with E-state index >= 15 is 0 Å². The Morgan fingerprint density at radius 1 is 1.30 bits per heavy atom. The van der Waals surface area contributed by atoms with E-state index in [9.17, 15) is 9.59 Å². The van der Waals surface area contributed by atoms with E-state index in [1.165, 1.54) is 0 Å². The Balaban J connectivity index is 1.95. The first-order valence-electron chi connectivity index (χ1n) is 9.61. The van der Waals surface area contributed by atoms with Crippen LogP contribution >= 0.6 is 11.6 Å². The molecule has 1 fully saturated rings. The van der Waals surface area contributed by atoms with Gasteiger partial charge in [-0.2, -0.15) is 0 Å². The standard InChI is InChI=1S/C21H25ClN4O4/c1-21(2,3)30-20(28)26-7-8-29-12-17(26)14-10-15(25-18(22)11-14)13-5-6-24-16(9-13)19(27)23-4/h5-6,9-11,17H,7-8,12H2,1-4H3,(H,23,27). The van der Waals surface area contributed by atoms with E-state index in [2.05, 4.69) is 15.3 Å². The molecule has 8 nitrogen and oxygen atoms in total. The molecule has 2 amide bonds. The Bertz CT molecular complexity index is 945. The van der Waals surface area contributed by atoms with Gasteiger partial charge in [-0.05, 0) is 50.6 Å². The summed E-state index contributed by atoms with van der Waals surface area (Å²) in [6, 6.07) is 6.57. The molecule has 9 heteroatoms. The molecular weight excluding hydrogens is 408 g/mol. The Morgan fingerprint density at radius 2 is 2.07 bits per heavy atom. The molecule has 2 aromatic rings. The Morgan fingerprint density at radius 3 is 2.77 bits per heavy atom. The summed E-state index contributed by atoms with van der Waals surface area (Å²) >= 11 is 6.30. The molecule has 0 radical (unpaired) electrons. The van der Waals surface area contributed by atoms with Crippen molar-refractivity contribution in [1.82, 2.24) is 20.2 Å². The normalized spacial score (nSPS) is 16.8. The van der Waals surface area contributed by atoms with Crippen molar-refractivity contribution in [1.29, 1.82) is 0 Å². The van der Waals surface area contributed by atoms with Gasteiger partial charge in [-0.3, -0.25) is 14.7 Å². The number of hydrogen-bond donors (Lipinski definition) is 1. The number of rotatable bonds is 3. The minimum absolute atomic E-state index is 0.273. The first-order valence-corrected chi connectivity index (χ1v) is 9.99. The molecule has 1 aliphatic rings. The molecule has 3 heterocycles. The van der Waals surface area contributed by atoms with Gasteiger partial charge < -0.3 is 14.8 Å². The van der Waals surface area contributed by atoms with Crippen LogP contribution in [0.3, 0.4) is 0 Å². The van der Waals surface area contributed by atoms with Gasteiger partial charge in [-0.25, -0.2) is 9.78 Å². The molecule has 1 atom stereocenters. The summed E-state index contributed by atoms with van der Waals surface area (Å²) in [6.07, 6.45) is 1.13. The fourth-order valence-electron chi connectivity index (χ4n) is 3.12. The van der Waals surface area contributed by atoms with Crippen molar-refractivity contribution in [2.24, 2.45) is 0 Å². The minimum Gasteiger partial charge on any atom is -0.444 e. The summed E-state index contributed by atoms with van der Waals surface area (Å²) in [7, 11) is 1.54. The third kappa shape index (κ3) is 5.25. The number of aromatic nitrogens is 2. The van der Waals surface area contributed by atoms with Crippen molar-refractivity contribution >= 4 is 23.6 Å². The van der Waals surface area contributed by atoms with Crippen molar-refractivity contribution < 1.29 is 19.1 Å². The number of carbonyl (C=O) groups excluding carboxylic acids is 2. The number of carbonyl (C=O) groups is 2. The van der Waals surface area contributed by atoms with Crippen LogP contribution in [0.15, 0.2) is 30.5 Å². The van der Waals surface area contributed by atoms with Crippen LogP contribution in [0.5, 0.6) is 0 Å². The molecule has 0 aliphatic carbocycles. The number of hydrogen-bond acceptors (Lipinski definition) is 6. The minimum atomic E-state index is -0.603. The van der Waals surface area contributed by atoms with E-state index in [0.29, 0.717) is 31.0 Å². The maximum atomic E-state index is 12.7. The molecule has 0 bridgehead atoms. The number of ether oxygens (including phenoxy) is 2. The first kappa shape index (κ1) is 22.0. The average molecular weight is 433 g/mol. The lowest BCUT2D eigenvalue weighted by Gasteiger charge is -2.37. The Kier molecular flexibility index (Phi) is 6.58. The lowest BCUT2D eigenvalue weighted by atomic mass is 10.0. The average Bonchev–Trinajstić information content (AvgIpc) is 2.71. The van der Waals surface area contributed by atoms with E-state index in [-0.39, 0.29) is 22.8 Å². The van der Waals surface area contributed by atoms with E-state index in [1.807, 2.05) is 26.8 Å². The Hall–Kier alpha value is -2.71. The molecule has 30 heavy (non-hydrogen) atoms. The van der Waals surface area contributed by atoms with E-state index in [4.69, 9.17) is 21.1 Å². The van der Waals surface area contributed by atoms with Crippen LogP contribution in [0, 0.1) is 0 Å². The molecule has 0 aromatic carbocycles. The van der Waals surface area contributed by atoms with Gasteiger partial charge in [-0.1, -0.05) is 11.6 Å². The van der Waals surface area contributed by atoms with E-state index < -0.39 is 11.7 Å². The van der Waals surface area contributed by atoms with Gasteiger partial charge in [0.25, 0.3) is 5.91 Å². The molecule has 160 valence electrons. The van der Waals surface area contributed by atoms with Gasteiger partial charge in [-0.15, -0.1) is 0 Å². The van der Waals surface area contributed by atoms with Crippen molar-refractivity contribution in [2.75, 3.05) is 26.8 Å². The van der Waals surface area contributed by atoms with Crippen molar-refractivity contribution in [3.05, 3.63) is 46.9 Å². The molecule has 1 saturated heterocycles. The second-order valence-electron chi connectivity index (χ2n) is 7.88. The van der Waals surface area contributed by atoms with E-state index in [1.54, 1.807) is 36.3 Å². The molecule has 1 N–H and O–H groups in total. The summed E-state index contributed by atoms with van der Waals surface area (Å²) < 4.78 is 11.2. The topological polar surface area (TPSA) is 93.7 Å². The van der Waals surface area contributed by atoms with Crippen LogP contribution in [-0.4, -0.2) is 59.3 Å². The van der Waals surface area contributed by atoms with Gasteiger partial charge in [0.2, 0.25) is 0 Å². The number of nitrogens with one attached hydrogen (secondary N) is 1. The predicted octanol–water partition coefficient (Wildman–Crippen LogP) is 3.47. The third-order valence-corrected chi connectivity index (χ3v) is 4.67. The molecular formula is C21H25ClN4O4. The second-order valence-corrected chi connectivity index (χ2v) is 8.27. The zero-order valence-corrected chi connectivity index (χ0v) is 18.2. The highest BCUT2D eigenvalue weighted by Crippen LogP contribution is 2.30. The molecule has 0 spiro atoms.